The van der Waals surface area contributed by atoms with Gasteiger partial charge in [0.2, 0.25) is 0 Å². The number of pyridine rings is 1. The molecule has 6 aromatic carbocycles. The molecule has 0 aliphatic rings. The zero-order valence-electron chi connectivity index (χ0n) is 34.3. The van der Waals surface area contributed by atoms with E-state index in [1.54, 1.807) is 12.1 Å². The molecule has 3 aromatic heterocycles. The molecule has 53 heavy (non-hydrogen) atoms. The van der Waals surface area contributed by atoms with Crippen LogP contribution in [0.5, 0.6) is 0 Å². The fraction of sp³-hybridized carbons (Fsp3) is 0.149. The number of rotatable bonds is 5. The van der Waals surface area contributed by atoms with Gasteiger partial charge < -0.3 is 9.55 Å². The van der Waals surface area contributed by atoms with Gasteiger partial charge in [0.1, 0.15) is 0 Å². The second-order valence-corrected chi connectivity index (χ2v) is 20.4. The first kappa shape index (κ1) is 31.8. The van der Waals surface area contributed by atoms with Crippen molar-refractivity contribution in [3.05, 3.63) is 157 Å². The van der Waals surface area contributed by atoms with E-state index in [4.69, 9.17) is 10.5 Å². The summed E-state index contributed by atoms with van der Waals surface area (Å²) < 4.78 is 35.6. The number of para-hydroxylation sites is 2. The summed E-state index contributed by atoms with van der Waals surface area (Å²) in [5.41, 5.74) is 6.98. The molecule has 1 radical (unpaired) electrons. The number of aryl methyl sites for hydroxylation is 1. The SMILES string of the molecule is [2H]C([2H])([2H])c1c[c-]c(-c2cc(C([2H])(C)C)c([Si](C)(C)C)cn2)cc1.[Ir].[c-]1ccc2c(sc3ccccc32)c1-c1nc2ccccc2n1-c1ccc2ccccc2c1. The maximum Gasteiger partial charge on any atom is 0.0799 e. The molecule has 9 rings (SSSR count). The summed E-state index contributed by atoms with van der Waals surface area (Å²) in [4.78, 5) is 9.66. The third kappa shape index (κ3) is 7.17. The largest absolute Gasteiger partial charge is 0.333 e. The number of imidazole rings is 1. The first-order chi connectivity index (χ1) is 26.7. The predicted octanol–water partition coefficient (Wildman–Crippen LogP) is 12.5. The van der Waals surface area contributed by atoms with Gasteiger partial charge in [-0.2, -0.15) is 11.3 Å². The van der Waals surface area contributed by atoms with Gasteiger partial charge in [0.05, 0.1) is 24.9 Å². The predicted molar refractivity (Wildman–Crippen MR) is 226 cm³/mol. The second-order valence-electron chi connectivity index (χ2n) is 14.3. The summed E-state index contributed by atoms with van der Waals surface area (Å²) in [5.74, 6) is 0.213. The van der Waals surface area contributed by atoms with E-state index in [1.807, 2.05) is 49.6 Å². The van der Waals surface area contributed by atoms with Crippen LogP contribution in [0.25, 0.3) is 70.3 Å². The molecule has 0 unspecified atom stereocenters. The Morgan fingerprint density at radius 1 is 0.811 bits per heavy atom. The molecule has 9 aromatic rings. The van der Waals surface area contributed by atoms with Crippen molar-refractivity contribution in [3.63, 3.8) is 0 Å². The van der Waals surface area contributed by atoms with Gasteiger partial charge >= 0.3 is 0 Å². The quantitative estimate of drug-likeness (QED) is 0.127. The Hall–Kier alpha value is -4.71. The van der Waals surface area contributed by atoms with Crippen LogP contribution in [-0.4, -0.2) is 22.6 Å². The van der Waals surface area contributed by atoms with Crippen molar-refractivity contribution in [3.8, 4) is 28.3 Å². The minimum absolute atomic E-state index is 0. The molecule has 0 spiro atoms. The first-order valence-electron chi connectivity index (χ1n) is 19.5. The van der Waals surface area contributed by atoms with Crippen molar-refractivity contribution < 1.29 is 25.6 Å². The van der Waals surface area contributed by atoms with E-state index >= 15 is 0 Å². The minimum atomic E-state index is -2.13. The molecule has 3 nitrogen and oxygen atoms in total. The Labute approximate surface area is 336 Å². The van der Waals surface area contributed by atoms with Crippen LogP contribution in [0.3, 0.4) is 0 Å². The van der Waals surface area contributed by atoms with Gasteiger partial charge in [-0.05, 0) is 68.0 Å². The minimum Gasteiger partial charge on any atom is -0.333 e. The normalized spacial score (nSPS) is 13.2. The third-order valence-electron chi connectivity index (χ3n) is 9.45. The molecular formula is C47H41IrN3SSi-2. The van der Waals surface area contributed by atoms with Crippen molar-refractivity contribution in [1.29, 1.82) is 0 Å². The van der Waals surface area contributed by atoms with Gasteiger partial charge in [-0.3, -0.25) is 4.98 Å². The van der Waals surface area contributed by atoms with Crippen LogP contribution in [0.1, 0.15) is 36.4 Å². The molecule has 0 aliphatic carbocycles. The van der Waals surface area contributed by atoms with Crippen LogP contribution in [0.15, 0.2) is 134 Å². The fourth-order valence-corrected chi connectivity index (χ4v) is 9.60. The van der Waals surface area contributed by atoms with E-state index in [-0.39, 0.29) is 25.7 Å². The van der Waals surface area contributed by atoms with Crippen LogP contribution in [-0.2, 0) is 20.1 Å². The van der Waals surface area contributed by atoms with Crippen LogP contribution >= 0.6 is 11.3 Å². The Morgan fingerprint density at radius 3 is 2.36 bits per heavy atom. The standard InChI is InChI=1S/C29H17N2S.C18H24NSi.Ir/c1-2-9-20-18-21(17-16-19(20)8-1)31-26-14-5-4-13-25(26)30-29(31)24-12-7-11-23-22-10-3-6-15-27(22)32-28(23)24;1-13(2)16-11-17(15-9-7-14(3)8-10-15)19-12-18(16)20(4,5)6;/h1-11,13-18H;7-9,11-13H,1-6H3;/q2*-1;/i;3D3,13D;. The summed E-state index contributed by atoms with van der Waals surface area (Å²) in [6.07, 6.45) is 1.89. The summed E-state index contributed by atoms with van der Waals surface area (Å²) in [6, 6.07) is 49.6. The monoisotopic (exact) mass is 904 g/mol. The smallest absolute Gasteiger partial charge is 0.0799 e. The number of hydrogen-bond acceptors (Lipinski definition) is 3. The average Bonchev–Trinajstić information content (AvgIpc) is 3.76. The van der Waals surface area contributed by atoms with Gasteiger partial charge in [0, 0.05) is 42.2 Å². The molecule has 0 bridgehead atoms. The van der Waals surface area contributed by atoms with E-state index in [1.165, 1.54) is 42.2 Å². The van der Waals surface area contributed by atoms with E-state index < -0.39 is 20.8 Å². The molecule has 0 atom stereocenters. The number of aromatic nitrogens is 3. The van der Waals surface area contributed by atoms with Crippen molar-refractivity contribution >= 4 is 66.6 Å². The molecule has 0 saturated heterocycles. The molecular weight excluding hydrogens is 859 g/mol. The molecule has 0 saturated carbocycles. The van der Waals surface area contributed by atoms with E-state index in [9.17, 15) is 0 Å². The fourth-order valence-electron chi connectivity index (χ4n) is 6.83. The van der Waals surface area contributed by atoms with Crippen LogP contribution in [0.4, 0.5) is 0 Å². The zero-order valence-corrected chi connectivity index (χ0v) is 34.5. The van der Waals surface area contributed by atoms with Gasteiger partial charge in [0.25, 0.3) is 0 Å². The molecule has 6 heteroatoms. The van der Waals surface area contributed by atoms with Crippen LogP contribution < -0.4 is 5.19 Å². The Balaban J connectivity index is 0.000000179. The van der Waals surface area contributed by atoms with Crippen LogP contribution in [0, 0.1) is 19.0 Å². The molecule has 265 valence electrons. The molecule has 0 N–H and O–H groups in total. The van der Waals surface area contributed by atoms with E-state index in [0.29, 0.717) is 0 Å². The average molecular weight is 904 g/mol. The summed E-state index contributed by atoms with van der Waals surface area (Å²) in [6.45, 7) is 8.38. The Kier molecular flexibility index (Phi) is 8.97. The summed E-state index contributed by atoms with van der Waals surface area (Å²) in [5, 5.41) is 6.19. The Bertz CT molecular complexity index is 2890. The third-order valence-corrected chi connectivity index (χ3v) is 12.7. The maximum atomic E-state index is 8.48. The van der Waals surface area contributed by atoms with Crippen molar-refractivity contribution in [2.24, 2.45) is 0 Å². The first-order valence-corrected chi connectivity index (χ1v) is 21.8. The molecule has 0 aliphatic heterocycles. The number of benzene rings is 6. The van der Waals surface area contributed by atoms with E-state index in [2.05, 4.69) is 132 Å². The van der Waals surface area contributed by atoms with Crippen molar-refractivity contribution in [2.75, 3.05) is 0 Å². The van der Waals surface area contributed by atoms with Gasteiger partial charge in [0.15, 0.2) is 0 Å². The molecule has 0 amide bonds. The second kappa shape index (κ2) is 15.0. The number of hydrogen-bond donors (Lipinski definition) is 0. The maximum absolute atomic E-state index is 8.48. The topological polar surface area (TPSA) is 30.7 Å². The van der Waals surface area contributed by atoms with Gasteiger partial charge in [-0.25, -0.2) is 0 Å². The number of fused-ring (bicyclic) bond motifs is 5. The number of nitrogens with zero attached hydrogens (tertiary/aromatic N) is 3. The van der Waals surface area contributed by atoms with Gasteiger partial charge in [-0.15, -0.1) is 53.6 Å². The molecule has 0 fully saturated rings. The van der Waals surface area contributed by atoms with Crippen LogP contribution in [0.2, 0.25) is 19.6 Å². The van der Waals surface area contributed by atoms with E-state index in [0.717, 1.165) is 44.9 Å². The number of thiophene rings is 1. The summed E-state index contributed by atoms with van der Waals surface area (Å²) >= 11 is 1.81. The molecule has 3 heterocycles. The van der Waals surface area contributed by atoms with Gasteiger partial charge in [-0.1, -0.05) is 124 Å². The zero-order chi connectivity index (χ0) is 39.4. The summed E-state index contributed by atoms with van der Waals surface area (Å²) in [7, 11) is -1.61. The van der Waals surface area contributed by atoms with Crippen molar-refractivity contribution in [2.45, 2.75) is 46.2 Å². The Morgan fingerprint density at radius 2 is 1.58 bits per heavy atom. The van der Waals surface area contributed by atoms with Crippen molar-refractivity contribution in [1.82, 2.24) is 14.5 Å².